The average molecular weight is 464 g/mol. The Morgan fingerprint density at radius 3 is 2.64 bits per heavy atom. The van der Waals surface area contributed by atoms with E-state index in [0.29, 0.717) is 19.3 Å². The molecule has 9 heteroatoms. The molecule has 1 saturated heterocycles. The summed E-state index contributed by atoms with van der Waals surface area (Å²) in [7, 11) is 0. The van der Waals surface area contributed by atoms with Crippen molar-refractivity contribution in [3.63, 3.8) is 0 Å². The van der Waals surface area contributed by atoms with Gasteiger partial charge in [-0.1, -0.05) is 25.0 Å². The molecule has 0 bridgehead atoms. The Morgan fingerprint density at radius 2 is 1.97 bits per heavy atom. The highest BCUT2D eigenvalue weighted by molar-refractivity contribution is 5.98. The van der Waals surface area contributed by atoms with Gasteiger partial charge in [-0.05, 0) is 53.4 Å². The average Bonchev–Trinajstić information content (AvgIpc) is 3.25. The number of carbonyl (C=O) groups is 4. The van der Waals surface area contributed by atoms with Crippen molar-refractivity contribution in [2.75, 3.05) is 6.54 Å². The summed E-state index contributed by atoms with van der Waals surface area (Å²) < 4.78 is 5.33. The second kappa shape index (κ2) is 9.83. The number of Topliss-reactive ketones (excluding diaryl/α,β-unsaturated/α-hetero) is 1. The van der Waals surface area contributed by atoms with Crippen molar-refractivity contribution in [3.8, 4) is 0 Å². The third-order valence-corrected chi connectivity index (χ3v) is 6.58. The number of ketones is 1. The highest BCUT2D eigenvalue weighted by Crippen LogP contribution is 2.45. The van der Waals surface area contributed by atoms with Crippen LogP contribution in [0.3, 0.4) is 0 Å². The molecular formula is C24H37N3O6. The van der Waals surface area contributed by atoms with Gasteiger partial charge in [-0.2, -0.15) is 0 Å². The van der Waals surface area contributed by atoms with Crippen LogP contribution in [0, 0.1) is 5.92 Å². The summed E-state index contributed by atoms with van der Waals surface area (Å²) in [6.07, 6.45) is 6.88. The van der Waals surface area contributed by atoms with E-state index in [4.69, 9.17) is 4.74 Å². The molecule has 5 atom stereocenters. The maximum absolute atomic E-state index is 13.4. The maximum atomic E-state index is 13.4. The van der Waals surface area contributed by atoms with Gasteiger partial charge in [-0.3, -0.25) is 14.4 Å². The predicted octanol–water partition coefficient (Wildman–Crippen LogP) is 1.83. The van der Waals surface area contributed by atoms with Gasteiger partial charge in [0.1, 0.15) is 23.2 Å². The number of nitrogens with one attached hydrogen (secondary N) is 2. The Balaban J connectivity index is 1.83. The number of allylic oxidation sites excluding steroid dienone is 1. The fourth-order valence-corrected chi connectivity index (χ4v) is 4.72. The van der Waals surface area contributed by atoms with Gasteiger partial charge in [0.05, 0.1) is 6.10 Å². The highest BCUT2D eigenvalue weighted by atomic mass is 16.6. The third-order valence-electron chi connectivity index (χ3n) is 6.58. The standard InChI is InChI=1S/C24H37N3O6/c1-15(28)24-13-16(24)10-8-6-5-7-9-11-18(25-22(32)33-23(2,3)4)21(31)27-14-17(29)12-19(27)20(30)26-24/h8,10,16-19,29H,5-7,9,11-14H2,1-4H3,(H,25,32)(H,26,30)/b10-8-/t16-,17-,18-,19-,24-/m0/s1. The normalized spacial score (nSPS) is 34.2. The molecule has 1 aliphatic carbocycles. The van der Waals surface area contributed by atoms with Crippen LogP contribution >= 0.6 is 0 Å². The molecule has 2 heterocycles. The molecule has 184 valence electrons. The number of fused-ring (bicyclic) bond motifs is 2. The van der Waals surface area contributed by atoms with E-state index in [-0.39, 0.29) is 24.7 Å². The van der Waals surface area contributed by atoms with Crippen molar-refractivity contribution >= 4 is 23.7 Å². The summed E-state index contributed by atoms with van der Waals surface area (Å²) >= 11 is 0. The highest BCUT2D eigenvalue weighted by Gasteiger charge is 2.58. The fourth-order valence-electron chi connectivity index (χ4n) is 4.72. The number of carbonyl (C=O) groups excluding carboxylic acids is 4. The van der Waals surface area contributed by atoms with Crippen molar-refractivity contribution in [2.24, 2.45) is 5.92 Å². The van der Waals surface area contributed by atoms with E-state index < -0.39 is 47.2 Å². The van der Waals surface area contributed by atoms with Crippen molar-refractivity contribution < 1.29 is 29.0 Å². The molecule has 9 nitrogen and oxygen atoms in total. The Kier molecular flexibility index (Phi) is 7.51. The van der Waals surface area contributed by atoms with Gasteiger partial charge < -0.3 is 25.4 Å². The number of nitrogens with zero attached hydrogens (tertiary/aromatic N) is 1. The number of alkyl carbamates (subject to hydrolysis) is 1. The van der Waals surface area contributed by atoms with Crippen molar-refractivity contribution in [2.45, 2.75) is 102 Å². The Morgan fingerprint density at radius 1 is 1.24 bits per heavy atom. The zero-order valence-corrected chi connectivity index (χ0v) is 20.1. The van der Waals surface area contributed by atoms with Gasteiger partial charge in [0, 0.05) is 18.9 Å². The maximum Gasteiger partial charge on any atom is 0.408 e. The molecule has 0 aromatic carbocycles. The SMILES string of the molecule is CC(=O)[C@@]12C[C@@H]1/C=C\CCCCC[C@H](NC(=O)OC(C)(C)C)C(=O)N1C[C@@H](O)C[C@H]1C(=O)N2. The molecular weight excluding hydrogens is 426 g/mol. The van der Waals surface area contributed by atoms with Crippen LogP contribution in [-0.2, 0) is 19.1 Å². The van der Waals surface area contributed by atoms with E-state index in [1.54, 1.807) is 20.8 Å². The molecule has 33 heavy (non-hydrogen) atoms. The second-order valence-corrected chi connectivity index (χ2v) is 10.5. The monoisotopic (exact) mass is 463 g/mol. The van der Waals surface area contributed by atoms with Crippen LogP contribution in [0.1, 0.15) is 72.6 Å². The van der Waals surface area contributed by atoms with Gasteiger partial charge in [0.15, 0.2) is 5.78 Å². The van der Waals surface area contributed by atoms with Gasteiger partial charge in [-0.25, -0.2) is 4.79 Å². The molecule has 0 radical (unpaired) electrons. The molecule has 3 amide bonds. The number of aliphatic hydroxyl groups excluding tert-OH is 1. The van der Waals surface area contributed by atoms with Gasteiger partial charge in [0.2, 0.25) is 11.8 Å². The van der Waals surface area contributed by atoms with Crippen molar-refractivity contribution in [1.82, 2.24) is 15.5 Å². The smallest absolute Gasteiger partial charge is 0.408 e. The third kappa shape index (κ3) is 6.13. The number of amides is 3. The van der Waals surface area contributed by atoms with Gasteiger partial charge in [-0.15, -0.1) is 0 Å². The fraction of sp³-hybridized carbons (Fsp3) is 0.750. The summed E-state index contributed by atoms with van der Waals surface area (Å²) in [5.41, 5.74) is -1.66. The van der Waals surface area contributed by atoms with Crippen LogP contribution in [0.25, 0.3) is 0 Å². The molecule has 3 N–H and O–H groups in total. The first kappa shape index (κ1) is 25.2. The topological polar surface area (TPSA) is 125 Å². The lowest BCUT2D eigenvalue weighted by Crippen LogP contribution is -2.56. The van der Waals surface area contributed by atoms with E-state index in [9.17, 15) is 24.3 Å². The van der Waals surface area contributed by atoms with E-state index in [0.717, 1.165) is 19.3 Å². The van der Waals surface area contributed by atoms with E-state index >= 15 is 0 Å². The van der Waals surface area contributed by atoms with E-state index in [1.807, 2.05) is 12.2 Å². The van der Waals surface area contributed by atoms with Crippen LogP contribution < -0.4 is 10.6 Å². The minimum Gasteiger partial charge on any atom is -0.444 e. The van der Waals surface area contributed by atoms with Crippen LogP contribution in [0.5, 0.6) is 0 Å². The lowest BCUT2D eigenvalue weighted by Gasteiger charge is -2.30. The first-order chi connectivity index (χ1) is 15.4. The Bertz CT molecular complexity index is 820. The summed E-state index contributed by atoms with van der Waals surface area (Å²) in [6, 6.07) is -1.77. The minimum atomic E-state index is -0.940. The second-order valence-electron chi connectivity index (χ2n) is 10.5. The molecule has 0 spiro atoms. The molecule has 0 aromatic rings. The van der Waals surface area contributed by atoms with Crippen LogP contribution in [-0.4, -0.2) is 69.6 Å². The largest absolute Gasteiger partial charge is 0.444 e. The van der Waals surface area contributed by atoms with Gasteiger partial charge in [0.25, 0.3) is 0 Å². The number of rotatable bonds is 2. The van der Waals surface area contributed by atoms with Crippen molar-refractivity contribution in [1.29, 1.82) is 0 Å². The number of hydrogen-bond donors (Lipinski definition) is 3. The minimum absolute atomic E-state index is 0.000177. The predicted molar refractivity (Wildman–Crippen MR) is 121 cm³/mol. The quantitative estimate of drug-likeness (QED) is 0.537. The zero-order valence-electron chi connectivity index (χ0n) is 20.1. The molecule has 3 rings (SSSR count). The van der Waals surface area contributed by atoms with Crippen LogP contribution in [0.15, 0.2) is 12.2 Å². The summed E-state index contributed by atoms with van der Waals surface area (Å²) in [5.74, 6) is -1.04. The van der Waals surface area contributed by atoms with E-state index in [2.05, 4.69) is 10.6 Å². The van der Waals surface area contributed by atoms with Crippen molar-refractivity contribution in [3.05, 3.63) is 12.2 Å². The molecule has 0 aromatic heterocycles. The number of aliphatic hydroxyl groups is 1. The summed E-state index contributed by atoms with van der Waals surface area (Å²) in [6.45, 7) is 6.69. The Hall–Kier alpha value is -2.42. The lowest BCUT2D eigenvalue weighted by atomic mass is 10.0. The molecule has 1 saturated carbocycles. The zero-order chi connectivity index (χ0) is 24.4. The first-order valence-electron chi connectivity index (χ1n) is 11.9. The molecule has 3 aliphatic rings. The summed E-state index contributed by atoms with van der Waals surface area (Å²) in [5, 5.41) is 15.8. The lowest BCUT2D eigenvalue weighted by molar-refractivity contribution is -0.141. The summed E-state index contributed by atoms with van der Waals surface area (Å²) in [4.78, 5) is 52.7. The molecule has 2 fully saturated rings. The van der Waals surface area contributed by atoms with Crippen LogP contribution in [0.2, 0.25) is 0 Å². The number of ether oxygens (including phenoxy) is 1. The van der Waals surface area contributed by atoms with Crippen LogP contribution in [0.4, 0.5) is 4.79 Å². The molecule has 2 aliphatic heterocycles. The van der Waals surface area contributed by atoms with E-state index in [1.165, 1.54) is 11.8 Å². The molecule has 0 unspecified atom stereocenters. The Labute approximate surface area is 195 Å². The first-order valence-corrected chi connectivity index (χ1v) is 11.9. The van der Waals surface area contributed by atoms with Gasteiger partial charge >= 0.3 is 6.09 Å². The number of hydrogen-bond acceptors (Lipinski definition) is 6.